The van der Waals surface area contributed by atoms with Crippen molar-refractivity contribution in [2.24, 2.45) is 0 Å². The molecule has 0 amide bonds. The van der Waals surface area contributed by atoms with Gasteiger partial charge in [-0.3, -0.25) is 4.84 Å². The minimum Gasteiger partial charge on any atom is -0.385 e. The molecule has 1 aromatic rings. The summed E-state index contributed by atoms with van der Waals surface area (Å²) in [6, 6.07) is 3.69. The lowest BCUT2D eigenvalue weighted by Crippen LogP contribution is -2.03. The van der Waals surface area contributed by atoms with Gasteiger partial charge in [-0.1, -0.05) is 0 Å². The first-order valence-electron chi connectivity index (χ1n) is 3.68. The van der Waals surface area contributed by atoms with Gasteiger partial charge in [0, 0.05) is 13.2 Å². The molecule has 0 atom stereocenters. The summed E-state index contributed by atoms with van der Waals surface area (Å²) in [7, 11) is 3.25. The van der Waals surface area contributed by atoms with Crippen LogP contribution >= 0.6 is 0 Å². The molecule has 5 nitrogen and oxygen atoms in total. The van der Waals surface area contributed by atoms with Crippen molar-refractivity contribution < 1.29 is 4.84 Å². The van der Waals surface area contributed by atoms with Crippen LogP contribution in [0.3, 0.4) is 0 Å². The van der Waals surface area contributed by atoms with Crippen LogP contribution in [0.2, 0.25) is 0 Å². The highest BCUT2D eigenvalue weighted by atomic mass is 16.6. The topological polar surface area (TPSA) is 70.0 Å². The lowest BCUT2D eigenvalue weighted by molar-refractivity contribution is 0.269. The number of nitrogens with one attached hydrogen (secondary N) is 2. The Kier molecular flexibility index (Phi) is 3.06. The van der Waals surface area contributed by atoms with E-state index < -0.39 is 0 Å². The Bertz CT molecular complexity index is 331. The van der Waals surface area contributed by atoms with Crippen molar-refractivity contribution >= 4 is 11.5 Å². The first-order chi connectivity index (χ1) is 6.31. The highest BCUT2D eigenvalue weighted by Crippen LogP contribution is 2.18. The second-order valence-electron chi connectivity index (χ2n) is 2.29. The molecule has 1 heterocycles. The smallest absolute Gasteiger partial charge is 0.173 e. The van der Waals surface area contributed by atoms with Gasteiger partial charge < -0.3 is 5.32 Å². The fourth-order valence-corrected chi connectivity index (χ4v) is 0.894. The van der Waals surface area contributed by atoms with Gasteiger partial charge in [0.05, 0.1) is 18.4 Å². The molecule has 5 heteroatoms. The molecule has 0 aliphatic rings. The molecule has 0 saturated heterocycles. The van der Waals surface area contributed by atoms with E-state index in [0.29, 0.717) is 11.4 Å². The highest BCUT2D eigenvalue weighted by molar-refractivity contribution is 5.64. The van der Waals surface area contributed by atoms with Crippen molar-refractivity contribution in [3.8, 4) is 6.07 Å². The zero-order valence-corrected chi connectivity index (χ0v) is 7.46. The van der Waals surface area contributed by atoms with Crippen molar-refractivity contribution in [3.63, 3.8) is 0 Å². The number of nitriles is 1. The lowest BCUT2D eigenvalue weighted by Gasteiger charge is -2.07. The SMILES string of the molecule is CNc1cc(C#N)cnc1NOC. The third-order valence-electron chi connectivity index (χ3n) is 1.48. The monoisotopic (exact) mass is 178 g/mol. The van der Waals surface area contributed by atoms with Crippen LogP contribution < -0.4 is 10.8 Å². The van der Waals surface area contributed by atoms with E-state index in [2.05, 4.69) is 15.8 Å². The Morgan fingerprint density at radius 2 is 2.38 bits per heavy atom. The zero-order chi connectivity index (χ0) is 9.68. The molecule has 0 aliphatic carbocycles. The van der Waals surface area contributed by atoms with E-state index in [1.165, 1.54) is 13.3 Å². The van der Waals surface area contributed by atoms with E-state index in [9.17, 15) is 0 Å². The summed E-state index contributed by atoms with van der Waals surface area (Å²) in [5, 5.41) is 11.5. The molecule has 0 aliphatic heterocycles. The average molecular weight is 178 g/mol. The molecule has 1 rings (SSSR count). The van der Waals surface area contributed by atoms with Crippen molar-refractivity contribution in [1.29, 1.82) is 5.26 Å². The van der Waals surface area contributed by atoms with E-state index in [0.717, 1.165) is 5.69 Å². The van der Waals surface area contributed by atoms with Gasteiger partial charge in [-0.2, -0.15) is 5.26 Å². The predicted molar refractivity (Wildman–Crippen MR) is 49.1 cm³/mol. The Hall–Kier alpha value is -1.80. The lowest BCUT2D eigenvalue weighted by atomic mass is 10.3. The number of hydrogen-bond acceptors (Lipinski definition) is 5. The molecule has 2 N–H and O–H groups in total. The summed E-state index contributed by atoms with van der Waals surface area (Å²) in [4.78, 5) is 8.70. The Labute approximate surface area is 76.3 Å². The summed E-state index contributed by atoms with van der Waals surface area (Å²) in [6.07, 6.45) is 1.47. The van der Waals surface area contributed by atoms with Crippen LogP contribution in [0.4, 0.5) is 11.5 Å². The zero-order valence-electron chi connectivity index (χ0n) is 7.46. The van der Waals surface area contributed by atoms with Crippen molar-refractivity contribution in [3.05, 3.63) is 17.8 Å². The fourth-order valence-electron chi connectivity index (χ4n) is 0.894. The van der Waals surface area contributed by atoms with Crippen LogP contribution in [0.1, 0.15) is 5.56 Å². The fraction of sp³-hybridized carbons (Fsp3) is 0.250. The van der Waals surface area contributed by atoms with Gasteiger partial charge in [0.25, 0.3) is 0 Å². The summed E-state index contributed by atoms with van der Waals surface area (Å²) >= 11 is 0. The number of aromatic nitrogens is 1. The van der Waals surface area contributed by atoms with E-state index in [-0.39, 0.29) is 0 Å². The minimum atomic E-state index is 0.506. The standard InChI is InChI=1S/C8H10N4O/c1-10-7-3-6(4-9)5-11-8(7)12-13-2/h3,5,10H,1-2H3,(H,11,12). The Morgan fingerprint density at radius 1 is 1.62 bits per heavy atom. The number of anilines is 2. The number of nitrogens with zero attached hydrogens (tertiary/aromatic N) is 2. The number of hydrogen-bond donors (Lipinski definition) is 2. The Balaban J connectivity index is 3.02. The number of pyridine rings is 1. The van der Waals surface area contributed by atoms with Crippen molar-refractivity contribution in [1.82, 2.24) is 4.98 Å². The van der Waals surface area contributed by atoms with Crippen LogP contribution in [-0.4, -0.2) is 19.1 Å². The van der Waals surface area contributed by atoms with E-state index in [1.807, 2.05) is 6.07 Å². The predicted octanol–water partition coefficient (Wildman–Crippen LogP) is 0.968. The quantitative estimate of drug-likeness (QED) is 0.675. The second kappa shape index (κ2) is 4.28. The molecular formula is C8H10N4O. The molecule has 0 radical (unpaired) electrons. The summed E-state index contributed by atoms with van der Waals surface area (Å²) in [5.41, 5.74) is 3.82. The molecule has 0 bridgehead atoms. The van der Waals surface area contributed by atoms with Crippen LogP contribution in [0.15, 0.2) is 12.3 Å². The second-order valence-corrected chi connectivity index (χ2v) is 2.29. The maximum Gasteiger partial charge on any atom is 0.173 e. The van der Waals surface area contributed by atoms with Gasteiger partial charge in [0.1, 0.15) is 6.07 Å². The van der Waals surface area contributed by atoms with Gasteiger partial charge in [0.2, 0.25) is 0 Å². The van der Waals surface area contributed by atoms with Gasteiger partial charge in [-0.15, -0.1) is 0 Å². The maximum absolute atomic E-state index is 8.61. The van der Waals surface area contributed by atoms with Gasteiger partial charge in [-0.05, 0) is 6.07 Å². The normalized spacial score (nSPS) is 9.00. The third kappa shape index (κ3) is 2.07. The van der Waals surface area contributed by atoms with Crippen molar-refractivity contribution in [2.75, 3.05) is 25.0 Å². The van der Waals surface area contributed by atoms with Crippen molar-refractivity contribution in [2.45, 2.75) is 0 Å². The average Bonchev–Trinajstić information content (AvgIpc) is 2.19. The Morgan fingerprint density at radius 3 is 2.92 bits per heavy atom. The molecule has 0 spiro atoms. The molecule has 68 valence electrons. The molecule has 1 aromatic heterocycles. The minimum absolute atomic E-state index is 0.506. The van der Waals surface area contributed by atoms with E-state index in [1.54, 1.807) is 13.1 Å². The van der Waals surface area contributed by atoms with Crippen LogP contribution in [0, 0.1) is 11.3 Å². The molecule has 0 fully saturated rings. The maximum atomic E-state index is 8.61. The first-order valence-corrected chi connectivity index (χ1v) is 3.68. The molecule has 0 unspecified atom stereocenters. The highest BCUT2D eigenvalue weighted by Gasteiger charge is 2.02. The summed E-state index contributed by atoms with van der Waals surface area (Å²) in [5.74, 6) is 0.559. The van der Waals surface area contributed by atoms with Gasteiger partial charge >= 0.3 is 0 Å². The van der Waals surface area contributed by atoms with E-state index >= 15 is 0 Å². The molecule has 0 saturated carbocycles. The van der Waals surface area contributed by atoms with E-state index in [4.69, 9.17) is 10.1 Å². The third-order valence-corrected chi connectivity index (χ3v) is 1.48. The summed E-state index contributed by atoms with van der Waals surface area (Å²) in [6.45, 7) is 0. The molecule has 0 aromatic carbocycles. The van der Waals surface area contributed by atoms with Crippen LogP contribution in [0.25, 0.3) is 0 Å². The van der Waals surface area contributed by atoms with Gasteiger partial charge in [-0.25, -0.2) is 10.5 Å². The molecule has 13 heavy (non-hydrogen) atoms. The summed E-state index contributed by atoms with van der Waals surface area (Å²) < 4.78 is 0. The number of rotatable bonds is 3. The largest absolute Gasteiger partial charge is 0.385 e. The van der Waals surface area contributed by atoms with Crippen LogP contribution in [0.5, 0.6) is 0 Å². The van der Waals surface area contributed by atoms with Crippen LogP contribution in [-0.2, 0) is 4.84 Å². The molecular weight excluding hydrogens is 168 g/mol. The first kappa shape index (κ1) is 9.29. The van der Waals surface area contributed by atoms with Gasteiger partial charge in [0.15, 0.2) is 5.82 Å².